The SMILES string of the molecule is O=S(=O)(OCCn1ncc2c1CC1CNCC21)c1ccccc1. The minimum atomic E-state index is -3.69. The third-order valence-corrected chi connectivity index (χ3v) is 6.08. The first-order valence-corrected chi connectivity index (χ1v) is 9.26. The Morgan fingerprint density at radius 2 is 2.09 bits per heavy atom. The summed E-state index contributed by atoms with van der Waals surface area (Å²) in [4.78, 5) is 0.186. The van der Waals surface area contributed by atoms with Crippen molar-refractivity contribution in [1.82, 2.24) is 15.1 Å². The first kappa shape index (κ1) is 14.9. The molecule has 2 heterocycles. The lowest BCUT2D eigenvalue weighted by Gasteiger charge is -2.09. The van der Waals surface area contributed by atoms with Crippen LogP contribution in [0.4, 0.5) is 0 Å². The summed E-state index contributed by atoms with van der Waals surface area (Å²) in [6.07, 6.45) is 2.94. The molecule has 122 valence electrons. The van der Waals surface area contributed by atoms with Crippen LogP contribution in [0.2, 0.25) is 0 Å². The average molecular weight is 333 g/mol. The molecule has 1 N–H and O–H groups in total. The lowest BCUT2D eigenvalue weighted by Crippen LogP contribution is -2.16. The van der Waals surface area contributed by atoms with Gasteiger partial charge in [-0.25, -0.2) is 0 Å². The zero-order valence-electron chi connectivity index (χ0n) is 12.7. The van der Waals surface area contributed by atoms with Crippen LogP contribution in [-0.4, -0.2) is 37.9 Å². The van der Waals surface area contributed by atoms with E-state index in [0.717, 1.165) is 19.5 Å². The van der Waals surface area contributed by atoms with Crippen molar-refractivity contribution in [3.05, 3.63) is 47.8 Å². The summed E-state index contributed by atoms with van der Waals surface area (Å²) in [5, 5.41) is 7.82. The van der Waals surface area contributed by atoms with E-state index in [-0.39, 0.29) is 11.5 Å². The highest BCUT2D eigenvalue weighted by Gasteiger charge is 2.38. The molecule has 2 atom stereocenters. The average Bonchev–Trinajstić information content (AvgIpc) is 3.22. The van der Waals surface area contributed by atoms with E-state index in [9.17, 15) is 8.42 Å². The Balaban J connectivity index is 1.41. The topological polar surface area (TPSA) is 73.2 Å². The Kier molecular flexibility index (Phi) is 3.71. The van der Waals surface area contributed by atoms with Gasteiger partial charge in [-0.15, -0.1) is 0 Å². The second-order valence-corrected chi connectivity index (χ2v) is 7.70. The number of nitrogens with one attached hydrogen (secondary N) is 1. The molecule has 1 saturated heterocycles. The predicted octanol–water partition coefficient (Wildman–Crippen LogP) is 1.15. The molecule has 4 rings (SSSR count). The van der Waals surface area contributed by atoms with Crippen LogP contribution in [0, 0.1) is 5.92 Å². The van der Waals surface area contributed by atoms with Gasteiger partial charge in [0.25, 0.3) is 10.1 Å². The maximum Gasteiger partial charge on any atom is 0.297 e. The summed E-state index contributed by atoms with van der Waals surface area (Å²) in [6, 6.07) is 8.22. The van der Waals surface area contributed by atoms with Crippen molar-refractivity contribution in [3.63, 3.8) is 0 Å². The van der Waals surface area contributed by atoms with E-state index in [1.165, 1.54) is 23.4 Å². The van der Waals surface area contributed by atoms with Crippen molar-refractivity contribution in [2.75, 3.05) is 19.7 Å². The fourth-order valence-corrected chi connectivity index (χ4v) is 4.52. The van der Waals surface area contributed by atoms with Crippen LogP contribution in [0.3, 0.4) is 0 Å². The highest BCUT2D eigenvalue weighted by Crippen LogP contribution is 2.39. The van der Waals surface area contributed by atoms with E-state index in [4.69, 9.17) is 4.18 Å². The van der Waals surface area contributed by atoms with Gasteiger partial charge >= 0.3 is 0 Å². The predicted molar refractivity (Wildman–Crippen MR) is 84.6 cm³/mol. The van der Waals surface area contributed by atoms with Crippen LogP contribution in [0.15, 0.2) is 41.4 Å². The number of nitrogens with zero attached hydrogens (tertiary/aromatic N) is 2. The molecule has 2 unspecified atom stereocenters. The Morgan fingerprint density at radius 3 is 2.91 bits per heavy atom. The fourth-order valence-electron chi connectivity index (χ4n) is 3.60. The number of fused-ring (bicyclic) bond motifs is 3. The van der Waals surface area contributed by atoms with E-state index >= 15 is 0 Å². The molecule has 6 nitrogen and oxygen atoms in total. The Bertz CT molecular complexity index is 801. The molecule has 1 aromatic carbocycles. The molecule has 7 heteroatoms. The van der Waals surface area contributed by atoms with Crippen LogP contribution >= 0.6 is 0 Å². The van der Waals surface area contributed by atoms with Crippen LogP contribution in [0.1, 0.15) is 17.2 Å². The first-order chi connectivity index (χ1) is 11.1. The molecule has 1 aliphatic heterocycles. The molecule has 1 aliphatic carbocycles. The van der Waals surface area contributed by atoms with Gasteiger partial charge in [-0.05, 0) is 36.6 Å². The van der Waals surface area contributed by atoms with Gasteiger partial charge < -0.3 is 5.32 Å². The van der Waals surface area contributed by atoms with Crippen LogP contribution < -0.4 is 5.32 Å². The van der Waals surface area contributed by atoms with Gasteiger partial charge in [0.1, 0.15) is 0 Å². The zero-order chi connectivity index (χ0) is 15.9. The van der Waals surface area contributed by atoms with Gasteiger partial charge in [-0.2, -0.15) is 13.5 Å². The monoisotopic (exact) mass is 333 g/mol. The van der Waals surface area contributed by atoms with Crippen molar-refractivity contribution in [2.45, 2.75) is 23.8 Å². The molecule has 0 amide bonds. The maximum absolute atomic E-state index is 12.1. The summed E-state index contributed by atoms with van der Waals surface area (Å²) in [5.74, 6) is 1.22. The minimum Gasteiger partial charge on any atom is -0.316 e. The molecule has 2 aromatic rings. The molecule has 1 fully saturated rings. The molecule has 23 heavy (non-hydrogen) atoms. The van der Waals surface area contributed by atoms with E-state index in [0.29, 0.717) is 18.4 Å². The maximum atomic E-state index is 12.1. The molecule has 0 bridgehead atoms. The molecular formula is C16H19N3O3S. The van der Waals surface area contributed by atoms with Crippen LogP contribution in [0.5, 0.6) is 0 Å². The number of hydrogen-bond donors (Lipinski definition) is 1. The van der Waals surface area contributed by atoms with E-state index < -0.39 is 10.1 Å². The number of rotatable bonds is 5. The van der Waals surface area contributed by atoms with Gasteiger partial charge in [-0.3, -0.25) is 8.86 Å². The molecule has 0 spiro atoms. The highest BCUT2D eigenvalue weighted by atomic mass is 32.2. The lowest BCUT2D eigenvalue weighted by molar-refractivity contribution is 0.291. The van der Waals surface area contributed by atoms with Gasteiger partial charge in [0.15, 0.2) is 0 Å². The molecule has 1 aromatic heterocycles. The van der Waals surface area contributed by atoms with E-state index in [1.807, 2.05) is 10.9 Å². The van der Waals surface area contributed by atoms with Crippen LogP contribution in [-0.2, 0) is 27.3 Å². The van der Waals surface area contributed by atoms with Crippen molar-refractivity contribution in [3.8, 4) is 0 Å². The quantitative estimate of drug-likeness (QED) is 0.831. The summed E-state index contributed by atoms with van der Waals surface area (Å²) in [7, 11) is -3.69. The van der Waals surface area contributed by atoms with Gasteiger partial charge in [-0.1, -0.05) is 18.2 Å². The second kappa shape index (κ2) is 5.74. The Morgan fingerprint density at radius 1 is 1.26 bits per heavy atom. The Labute approximate surface area is 135 Å². The van der Waals surface area contributed by atoms with Crippen molar-refractivity contribution in [2.24, 2.45) is 5.92 Å². The van der Waals surface area contributed by atoms with Gasteiger partial charge in [0.2, 0.25) is 0 Å². The standard InChI is InChI=1S/C16H19N3O3S/c20-23(21,13-4-2-1-3-5-13)22-7-6-19-16-8-12-9-17-10-14(12)15(16)11-18-19/h1-5,11-12,14,17H,6-10H2. The fraction of sp³-hybridized carbons (Fsp3) is 0.438. The van der Waals surface area contributed by atoms with Crippen LogP contribution in [0.25, 0.3) is 0 Å². The summed E-state index contributed by atoms with van der Waals surface area (Å²) >= 11 is 0. The molecule has 0 saturated carbocycles. The lowest BCUT2D eigenvalue weighted by atomic mass is 9.98. The third-order valence-electron chi connectivity index (χ3n) is 4.75. The third kappa shape index (κ3) is 2.69. The van der Waals surface area contributed by atoms with E-state index in [2.05, 4.69) is 10.4 Å². The number of benzene rings is 1. The Hall–Kier alpha value is -1.70. The molecule has 2 aliphatic rings. The van der Waals surface area contributed by atoms with Crippen molar-refractivity contribution < 1.29 is 12.6 Å². The molecule has 0 radical (unpaired) electrons. The summed E-state index contributed by atoms with van der Waals surface area (Å²) < 4.78 is 31.2. The van der Waals surface area contributed by atoms with Gasteiger partial charge in [0.05, 0.1) is 24.2 Å². The highest BCUT2D eigenvalue weighted by molar-refractivity contribution is 7.86. The van der Waals surface area contributed by atoms with E-state index in [1.54, 1.807) is 18.2 Å². The smallest absolute Gasteiger partial charge is 0.297 e. The number of hydrogen-bond acceptors (Lipinski definition) is 5. The van der Waals surface area contributed by atoms with Gasteiger partial charge in [0, 0.05) is 18.2 Å². The first-order valence-electron chi connectivity index (χ1n) is 7.85. The molecular weight excluding hydrogens is 314 g/mol. The largest absolute Gasteiger partial charge is 0.316 e. The zero-order valence-corrected chi connectivity index (χ0v) is 13.5. The van der Waals surface area contributed by atoms with Crippen molar-refractivity contribution >= 4 is 10.1 Å². The minimum absolute atomic E-state index is 0.0962. The van der Waals surface area contributed by atoms with Crippen molar-refractivity contribution in [1.29, 1.82) is 0 Å². The second-order valence-electron chi connectivity index (χ2n) is 6.09. The summed E-state index contributed by atoms with van der Waals surface area (Å²) in [6.45, 7) is 2.62. The normalized spacial score (nSPS) is 23.0. The number of aromatic nitrogens is 2. The summed E-state index contributed by atoms with van der Waals surface area (Å²) in [5.41, 5.74) is 2.55.